The third kappa shape index (κ3) is 5.08. The number of hydrogen-bond acceptors (Lipinski definition) is 2. The van der Waals surface area contributed by atoms with Gasteiger partial charge >= 0.3 is 12.1 Å². The average Bonchev–Trinajstić information content (AvgIpc) is 2.69. The third-order valence-electron chi connectivity index (χ3n) is 5.81. The van der Waals surface area contributed by atoms with Crippen molar-refractivity contribution in [3.63, 3.8) is 0 Å². The minimum absolute atomic E-state index is 0.301. The van der Waals surface area contributed by atoms with E-state index in [4.69, 9.17) is 0 Å². The summed E-state index contributed by atoms with van der Waals surface area (Å²) in [7, 11) is 0. The SMILES string of the molecule is C[C@@H]1CC[C@H](c2ccc(Br)cc2)[C@@H](C(=O)O)[C@@H]1C(=O)Nc1ccc(C(F)(F)F)cc1F. The number of rotatable bonds is 4. The molecule has 1 saturated carbocycles. The van der Waals surface area contributed by atoms with Crippen LogP contribution in [-0.4, -0.2) is 17.0 Å². The van der Waals surface area contributed by atoms with Gasteiger partial charge < -0.3 is 10.4 Å². The van der Waals surface area contributed by atoms with E-state index in [-0.39, 0.29) is 5.92 Å². The van der Waals surface area contributed by atoms with E-state index in [1.807, 2.05) is 0 Å². The van der Waals surface area contributed by atoms with Crippen molar-refractivity contribution in [3.05, 3.63) is 63.9 Å². The van der Waals surface area contributed by atoms with Gasteiger partial charge in [0.05, 0.1) is 23.1 Å². The molecule has 1 fully saturated rings. The van der Waals surface area contributed by atoms with Gasteiger partial charge in [0.25, 0.3) is 0 Å². The van der Waals surface area contributed by atoms with Crippen LogP contribution in [0.15, 0.2) is 46.9 Å². The van der Waals surface area contributed by atoms with Crippen molar-refractivity contribution in [1.82, 2.24) is 0 Å². The van der Waals surface area contributed by atoms with E-state index in [2.05, 4.69) is 21.2 Å². The van der Waals surface area contributed by atoms with Crippen LogP contribution in [0.4, 0.5) is 23.2 Å². The molecule has 2 N–H and O–H groups in total. The van der Waals surface area contributed by atoms with Crippen molar-refractivity contribution >= 4 is 33.5 Å². The number of carbonyl (C=O) groups is 2. The first-order valence-corrected chi connectivity index (χ1v) is 10.4. The Morgan fingerprint density at radius 2 is 1.71 bits per heavy atom. The number of carboxylic acids is 1. The van der Waals surface area contributed by atoms with Gasteiger partial charge in [-0.25, -0.2) is 4.39 Å². The molecule has 1 amide bonds. The molecule has 3 rings (SSSR count). The Morgan fingerprint density at radius 3 is 2.26 bits per heavy atom. The lowest BCUT2D eigenvalue weighted by atomic mass is 9.64. The summed E-state index contributed by atoms with van der Waals surface area (Å²) in [5.74, 6) is -5.85. The number of nitrogens with one attached hydrogen (secondary N) is 1. The van der Waals surface area contributed by atoms with E-state index < -0.39 is 52.9 Å². The summed E-state index contributed by atoms with van der Waals surface area (Å²) in [5.41, 5.74) is -0.811. The molecular weight excluding hydrogens is 482 g/mol. The van der Waals surface area contributed by atoms with Gasteiger partial charge in [-0.1, -0.05) is 35.0 Å². The van der Waals surface area contributed by atoms with Crippen LogP contribution in [0, 0.1) is 23.6 Å². The molecule has 0 bridgehead atoms. The quantitative estimate of drug-likeness (QED) is 0.499. The molecule has 1 aliphatic carbocycles. The second-order valence-corrected chi connectivity index (χ2v) is 8.70. The Bertz CT molecular complexity index is 978. The molecule has 0 radical (unpaired) electrons. The van der Waals surface area contributed by atoms with Crippen molar-refractivity contribution in [3.8, 4) is 0 Å². The summed E-state index contributed by atoms with van der Waals surface area (Å²) >= 11 is 3.33. The van der Waals surface area contributed by atoms with Gasteiger partial charge in [0.1, 0.15) is 5.82 Å². The molecule has 0 unspecified atom stereocenters. The van der Waals surface area contributed by atoms with Crippen LogP contribution in [0.1, 0.15) is 36.8 Å². The summed E-state index contributed by atoms with van der Waals surface area (Å²) < 4.78 is 53.3. The zero-order valence-electron chi connectivity index (χ0n) is 16.4. The Hall–Kier alpha value is -2.42. The van der Waals surface area contributed by atoms with Crippen molar-refractivity contribution in [2.75, 3.05) is 5.32 Å². The largest absolute Gasteiger partial charge is 0.481 e. The smallest absolute Gasteiger partial charge is 0.416 e. The molecule has 4 atom stereocenters. The lowest BCUT2D eigenvalue weighted by Crippen LogP contribution is -2.44. The highest BCUT2D eigenvalue weighted by atomic mass is 79.9. The molecule has 2 aromatic carbocycles. The fourth-order valence-electron chi connectivity index (χ4n) is 4.25. The van der Waals surface area contributed by atoms with Crippen molar-refractivity contribution in [2.24, 2.45) is 17.8 Å². The highest BCUT2D eigenvalue weighted by Crippen LogP contribution is 2.45. The lowest BCUT2D eigenvalue weighted by molar-refractivity contribution is -0.150. The van der Waals surface area contributed by atoms with E-state index in [1.165, 1.54) is 0 Å². The van der Waals surface area contributed by atoms with Gasteiger partial charge in [0.2, 0.25) is 5.91 Å². The van der Waals surface area contributed by atoms with Gasteiger partial charge in [0, 0.05) is 4.47 Å². The maximum Gasteiger partial charge on any atom is 0.416 e. The summed E-state index contributed by atoms with van der Waals surface area (Å²) in [5, 5.41) is 12.2. The normalized spacial score (nSPS) is 23.9. The van der Waals surface area contributed by atoms with Gasteiger partial charge in [0.15, 0.2) is 0 Å². The number of carbonyl (C=O) groups excluding carboxylic acids is 1. The second-order valence-electron chi connectivity index (χ2n) is 7.78. The summed E-state index contributed by atoms with van der Waals surface area (Å²) in [6.45, 7) is 1.75. The maximum atomic E-state index is 14.2. The molecule has 0 saturated heterocycles. The fourth-order valence-corrected chi connectivity index (χ4v) is 4.51. The first kappa shape index (κ1) is 23.2. The maximum absolute atomic E-state index is 14.2. The number of hydrogen-bond donors (Lipinski definition) is 2. The number of halogens is 5. The number of carboxylic acid groups (broad SMARTS) is 1. The third-order valence-corrected chi connectivity index (χ3v) is 6.34. The van der Waals surface area contributed by atoms with Gasteiger partial charge in [-0.05, 0) is 60.6 Å². The molecule has 0 aromatic heterocycles. The molecule has 31 heavy (non-hydrogen) atoms. The van der Waals surface area contributed by atoms with Crippen LogP contribution in [-0.2, 0) is 15.8 Å². The molecule has 2 aromatic rings. The zero-order chi connectivity index (χ0) is 22.9. The predicted octanol–water partition coefficient (Wildman–Crippen LogP) is 6.08. The van der Waals surface area contributed by atoms with Crippen LogP contribution in [0.2, 0.25) is 0 Å². The van der Waals surface area contributed by atoms with Crippen LogP contribution in [0.25, 0.3) is 0 Å². The van der Waals surface area contributed by atoms with Gasteiger partial charge in [-0.15, -0.1) is 0 Å². The van der Waals surface area contributed by atoms with Crippen molar-refractivity contribution in [1.29, 1.82) is 0 Å². The number of benzene rings is 2. The Balaban J connectivity index is 1.89. The van der Waals surface area contributed by atoms with E-state index >= 15 is 0 Å². The molecule has 0 spiro atoms. The topological polar surface area (TPSA) is 66.4 Å². The van der Waals surface area contributed by atoms with E-state index in [0.717, 1.165) is 16.1 Å². The Labute approximate surface area is 184 Å². The molecule has 9 heteroatoms. The fraction of sp³-hybridized carbons (Fsp3) is 0.364. The first-order valence-electron chi connectivity index (χ1n) is 9.65. The highest BCUT2D eigenvalue weighted by molar-refractivity contribution is 9.10. The molecular formula is C22H20BrF4NO3. The molecule has 4 nitrogen and oxygen atoms in total. The van der Waals surface area contributed by atoms with Gasteiger partial charge in [-0.3, -0.25) is 9.59 Å². The Morgan fingerprint density at radius 1 is 1.06 bits per heavy atom. The number of alkyl halides is 3. The molecule has 0 heterocycles. The number of aliphatic carboxylic acids is 1. The summed E-state index contributed by atoms with van der Waals surface area (Å²) in [6, 6.07) is 8.99. The molecule has 1 aliphatic rings. The van der Waals surface area contributed by atoms with Gasteiger partial charge in [-0.2, -0.15) is 13.2 Å². The second kappa shape index (κ2) is 8.98. The van der Waals surface area contributed by atoms with Crippen LogP contribution in [0.5, 0.6) is 0 Å². The molecule has 0 aliphatic heterocycles. The summed E-state index contributed by atoms with van der Waals surface area (Å²) in [4.78, 5) is 25.1. The van der Waals surface area contributed by atoms with E-state index in [1.54, 1.807) is 31.2 Å². The number of amides is 1. The monoisotopic (exact) mass is 501 g/mol. The minimum atomic E-state index is -4.71. The highest BCUT2D eigenvalue weighted by Gasteiger charge is 2.46. The number of anilines is 1. The van der Waals surface area contributed by atoms with Crippen molar-refractivity contribution in [2.45, 2.75) is 31.9 Å². The van der Waals surface area contributed by atoms with E-state index in [0.29, 0.717) is 25.0 Å². The average molecular weight is 502 g/mol. The van der Waals surface area contributed by atoms with Crippen LogP contribution >= 0.6 is 15.9 Å². The standard InChI is InChI=1S/C22H20BrF4NO3/c1-11-2-8-15(12-3-6-14(23)7-4-12)19(21(30)31)18(11)20(29)28-17-9-5-13(10-16(17)24)22(25,26)27/h3-7,9-11,15,18-19H,2,8H2,1H3,(H,28,29)(H,30,31)/t11-,15-,18-,19-/m1/s1. The van der Waals surface area contributed by atoms with Crippen molar-refractivity contribution < 1.29 is 32.3 Å². The predicted molar refractivity (Wildman–Crippen MR) is 110 cm³/mol. The minimum Gasteiger partial charge on any atom is -0.481 e. The summed E-state index contributed by atoms with van der Waals surface area (Å²) in [6.07, 6.45) is -3.57. The van der Waals surface area contributed by atoms with Crippen LogP contribution < -0.4 is 5.32 Å². The first-order chi connectivity index (χ1) is 14.5. The zero-order valence-corrected chi connectivity index (χ0v) is 18.0. The molecule has 166 valence electrons. The Kier molecular flexibility index (Phi) is 6.73. The van der Waals surface area contributed by atoms with Crippen LogP contribution in [0.3, 0.4) is 0 Å². The van der Waals surface area contributed by atoms with E-state index in [9.17, 15) is 32.3 Å². The lowest BCUT2D eigenvalue weighted by Gasteiger charge is -2.39.